The zero-order valence-corrected chi connectivity index (χ0v) is 20.4. The van der Waals surface area contributed by atoms with E-state index in [1.807, 2.05) is 0 Å². The molecule has 1 aromatic carbocycles. The number of alkyl halides is 6. The van der Waals surface area contributed by atoms with E-state index in [9.17, 15) is 40.7 Å². The number of ketones is 1. The number of carbonyl (C=O) groups is 3. The Morgan fingerprint density at radius 2 is 1.58 bits per heavy atom. The van der Waals surface area contributed by atoms with Crippen LogP contribution in [-0.2, 0) is 26.7 Å². The van der Waals surface area contributed by atoms with Gasteiger partial charge in [0, 0.05) is 17.8 Å². The van der Waals surface area contributed by atoms with Gasteiger partial charge in [-0.15, -0.1) is 11.3 Å². The summed E-state index contributed by atoms with van der Waals surface area (Å²) in [6.07, 6.45) is -8.09. The molecule has 1 N–H and O–H groups in total. The van der Waals surface area contributed by atoms with Gasteiger partial charge in [0.25, 0.3) is 5.91 Å². The van der Waals surface area contributed by atoms with Crippen LogP contribution >= 0.6 is 35.3 Å². The smallest absolute Gasteiger partial charge is 0.416 e. The lowest BCUT2D eigenvalue weighted by molar-refractivity contribution is -0.149. The van der Waals surface area contributed by atoms with Crippen molar-refractivity contribution in [3.05, 3.63) is 50.6 Å². The number of amides is 1. The van der Waals surface area contributed by atoms with Crippen LogP contribution in [0.15, 0.2) is 34.6 Å². The van der Waals surface area contributed by atoms with Gasteiger partial charge in [-0.25, -0.2) is 4.79 Å². The van der Waals surface area contributed by atoms with Gasteiger partial charge in [-0.3, -0.25) is 14.5 Å². The Morgan fingerprint density at radius 1 is 0.972 bits per heavy atom. The van der Waals surface area contributed by atoms with Gasteiger partial charge in [-0.1, -0.05) is 24.0 Å². The predicted molar refractivity (Wildman–Crippen MR) is 126 cm³/mol. The van der Waals surface area contributed by atoms with Gasteiger partial charge in [0.05, 0.1) is 16.0 Å². The molecule has 0 aliphatic carbocycles. The third-order valence-electron chi connectivity index (χ3n) is 4.96. The van der Waals surface area contributed by atoms with E-state index in [4.69, 9.17) is 17.3 Å². The molecule has 1 amide bonds. The summed E-state index contributed by atoms with van der Waals surface area (Å²) in [6.45, 7) is 0.162. The van der Waals surface area contributed by atoms with Crippen molar-refractivity contribution in [1.82, 2.24) is 4.90 Å². The van der Waals surface area contributed by atoms with Crippen LogP contribution in [0, 0.1) is 0 Å². The van der Waals surface area contributed by atoms with Crippen LogP contribution in [0.25, 0.3) is 17.2 Å². The Balaban J connectivity index is 1.77. The summed E-state index contributed by atoms with van der Waals surface area (Å²) >= 11 is 7.20. The van der Waals surface area contributed by atoms with Crippen molar-refractivity contribution in [2.75, 3.05) is 6.54 Å². The van der Waals surface area contributed by atoms with Crippen LogP contribution < -0.4 is 0 Å². The van der Waals surface area contributed by atoms with Crippen molar-refractivity contribution in [2.24, 2.45) is 0 Å². The monoisotopic (exact) mass is 567 g/mol. The Hall–Kier alpha value is -2.71. The minimum Gasteiger partial charge on any atom is -0.476 e. The molecule has 5 nitrogen and oxygen atoms in total. The van der Waals surface area contributed by atoms with Gasteiger partial charge < -0.3 is 5.11 Å². The lowest BCUT2D eigenvalue weighted by Crippen LogP contribution is -2.29. The average molecular weight is 568 g/mol. The third kappa shape index (κ3) is 6.73. The van der Waals surface area contributed by atoms with Gasteiger partial charge in [-0.2, -0.15) is 26.3 Å². The first-order valence-corrected chi connectivity index (χ1v) is 12.2. The predicted octanol–water partition coefficient (Wildman–Crippen LogP) is 6.48. The van der Waals surface area contributed by atoms with Crippen molar-refractivity contribution in [2.45, 2.75) is 31.6 Å². The molecule has 36 heavy (non-hydrogen) atoms. The third-order valence-corrected chi connectivity index (χ3v) is 7.22. The highest BCUT2D eigenvalue weighted by atomic mass is 32.2. The number of aliphatic carboxylic acids is 1. The highest BCUT2D eigenvalue weighted by Crippen LogP contribution is 2.40. The van der Waals surface area contributed by atoms with E-state index in [0.717, 1.165) is 23.1 Å². The maximum Gasteiger partial charge on any atom is 0.416 e. The molecule has 2 aromatic rings. The second-order valence-corrected chi connectivity index (χ2v) is 10.2. The first kappa shape index (κ1) is 27.9. The summed E-state index contributed by atoms with van der Waals surface area (Å²) < 4.78 is 79.2. The first-order valence-electron chi connectivity index (χ1n) is 10.1. The van der Waals surface area contributed by atoms with Crippen LogP contribution in [0.1, 0.15) is 35.3 Å². The van der Waals surface area contributed by atoms with Crippen LogP contribution in [-0.4, -0.2) is 38.5 Å². The number of hydrogen-bond acceptors (Lipinski definition) is 6. The number of thioether (sulfide) groups is 1. The van der Waals surface area contributed by atoms with E-state index in [-0.39, 0.29) is 45.8 Å². The lowest BCUT2D eigenvalue weighted by Gasteiger charge is -2.13. The normalized spacial score (nSPS) is 15.7. The number of hydrogen-bond donors (Lipinski definition) is 1. The molecule has 0 radical (unpaired) electrons. The Labute approximate surface area is 213 Å². The number of nitrogens with zero attached hydrogens (tertiary/aromatic N) is 1. The number of thiophene rings is 1. The molecule has 1 aliphatic heterocycles. The van der Waals surface area contributed by atoms with Crippen molar-refractivity contribution in [1.29, 1.82) is 0 Å². The molecule has 0 spiro atoms. The molecular weight excluding hydrogens is 552 g/mol. The average Bonchev–Trinajstić information content (AvgIpc) is 3.34. The van der Waals surface area contributed by atoms with Gasteiger partial charge >= 0.3 is 18.3 Å². The fourth-order valence-electron chi connectivity index (χ4n) is 3.19. The summed E-state index contributed by atoms with van der Waals surface area (Å²) in [5.74, 6) is -2.90. The second-order valence-electron chi connectivity index (χ2n) is 7.55. The van der Waals surface area contributed by atoms with Crippen molar-refractivity contribution < 1.29 is 45.8 Å². The zero-order valence-electron chi connectivity index (χ0n) is 17.9. The van der Waals surface area contributed by atoms with Gasteiger partial charge in [-0.05, 0) is 59.7 Å². The molecule has 1 aromatic heterocycles. The van der Waals surface area contributed by atoms with Crippen LogP contribution in [0.5, 0.6) is 0 Å². The fraction of sp³-hybridized carbons (Fsp3) is 0.273. The van der Waals surface area contributed by atoms with Gasteiger partial charge in [0.2, 0.25) is 5.78 Å². The number of halogens is 6. The number of unbranched alkanes of at least 4 members (excludes halogenated alkanes) is 1. The second kappa shape index (κ2) is 10.7. The number of benzene rings is 1. The molecule has 3 rings (SSSR count). The van der Waals surface area contributed by atoms with Crippen molar-refractivity contribution in [3.63, 3.8) is 0 Å². The van der Waals surface area contributed by atoms with Crippen LogP contribution in [0.2, 0.25) is 0 Å². The van der Waals surface area contributed by atoms with Crippen molar-refractivity contribution >= 4 is 63.4 Å². The summed E-state index contributed by atoms with van der Waals surface area (Å²) in [4.78, 5) is 36.3. The topological polar surface area (TPSA) is 74.7 Å². The first-order chi connectivity index (χ1) is 16.7. The zero-order chi connectivity index (χ0) is 26.8. The summed E-state index contributed by atoms with van der Waals surface area (Å²) in [7, 11) is 0. The van der Waals surface area contributed by atoms with Gasteiger partial charge in [0.15, 0.2) is 0 Å². The van der Waals surface area contributed by atoms with Crippen LogP contribution in [0.3, 0.4) is 0 Å². The molecule has 1 fully saturated rings. The Morgan fingerprint density at radius 3 is 2.14 bits per heavy atom. The van der Waals surface area contributed by atoms with E-state index in [0.29, 0.717) is 23.4 Å². The lowest BCUT2D eigenvalue weighted by atomic mass is 10.0. The minimum absolute atomic E-state index is 0.0553. The minimum atomic E-state index is -4.97. The molecule has 0 saturated carbocycles. The van der Waals surface area contributed by atoms with E-state index < -0.39 is 41.1 Å². The standard InChI is InChI=1S/C22H15F6NO4S3/c23-21(24,25)13-5-11(6-14(8-13)22(26,27)28)12-7-15(35-10-12)9-17-18(31)29(20(34)36-17)4-2-1-3-16(30)19(32)33/h5-10H,1-4H2,(H,32,33). The van der Waals surface area contributed by atoms with Crippen molar-refractivity contribution in [3.8, 4) is 11.1 Å². The summed E-state index contributed by atoms with van der Waals surface area (Å²) in [6, 6.07) is 2.70. The molecular formula is C22H15F6NO4S3. The van der Waals surface area contributed by atoms with E-state index in [1.165, 1.54) is 22.4 Å². The number of carboxylic acids is 1. The summed E-state index contributed by atoms with van der Waals surface area (Å²) in [5.41, 5.74) is -2.99. The molecule has 0 unspecified atom stereocenters. The Kier molecular flexibility index (Phi) is 8.30. The number of carboxylic acid groups (broad SMARTS) is 1. The highest BCUT2D eigenvalue weighted by molar-refractivity contribution is 8.26. The molecule has 0 atom stereocenters. The maximum absolute atomic E-state index is 13.2. The van der Waals surface area contributed by atoms with E-state index >= 15 is 0 Å². The number of Topliss-reactive ketones (excluding diaryl/α,β-unsaturated/α-hetero) is 1. The van der Waals surface area contributed by atoms with Gasteiger partial charge in [0.1, 0.15) is 4.32 Å². The quantitative estimate of drug-likeness (QED) is 0.129. The van der Waals surface area contributed by atoms with E-state index in [1.54, 1.807) is 0 Å². The highest BCUT2D eigenvalue weighted by Gasteiger charge is 2.37. The summed E-state index contributed by atoms with van der Waals surface area (Å²) in [5, 5.41) is 9.97. The number of rotatable bonds is 8. The van der Waals surface area contributed by atoms with E-state index in [2.05, 4.69) is 0 Å². The Bertz CT molecular complexity index is 1220. The largest absolute Gasteiger partial charge is 0.476 e. The molecule has 14 heteroatoms. The maximum atomic E-state index is 13.2. The molecule has 2 heterocycles. The molecule has 192 valence electrons. The fourth-order valence-corrected chi connectivity index (χ4v) is 5.41. The van der Waals surface area contributed by atoms with Crippen LogP contribution in [0.4, 0.5) is 26.3 Å². The molecule has 1 aliphatic rings. The number of thiocarbonyl (C=S) groups is 1. The number of carbonyl (C=O) groups excluding carboxylic acids is 2. The molecule has 0 bridgehead atoms. The SMILES string of the molecule is O=C(O)C(=O)CCCCN1C(=O)C(=Cc2cc(-c3cc(C(F)(F)F)cc(C(F)(F)F)c3)cs2)SC1=S. The molecule has 1 saturated heterocycles.